The quantitative estimate of drug-likeness (QED) is 0.667. The Labute approximate surface area is 148 Å². The number of allylic oxidation sites excluding steroid dienone is 1. The van der Waals surface area contributed by atoms with Crippen molar-refractivity contribution in [3.63, 3.8) is 0 Å². The molecule has 25 heavy (non-hydrogen) atoms. The van der Waals surface area contributed by atoms with Crippen molar-refractivity contribution >= 4 is 11.9 Å². The first-order chi connectivity index (χ1) is 11.6. The standard InChI is InChI=1S/C20H28O5/c1-10-6-20-7-11(10)4-5-13(20)18(2)8-12(21)9-19(3,17(24)25)15(18)14(20)16(22)23/h11-15,21H,1,4-9H2,2-3H3,(H,22,23)(H,24,25). The molecule has 8 unspecified atom stereocenters. The summed E-state index contributed by atoms with van der Waals surface area (Å²) in [5, 5.41) is 30.7. The maximum atomic E-state index is 12.4. The number of hydrogen-bond donors (Lipinski definition) is 3. The molecule has 0 heterocycles. The van der Waals surface area contributed by atoms with Crippen molar-refractivity contribution < 1.29 is 24.9 Å². The van der Waals surface area contributed by atoms with Gasteiger partial charge in [0, 0.05) is 0 Å². The highest BCUT2D eigenvalue weighted by atomic mass is 16.4. The van der Waals surface area contributed by atoms with Crippen LogP contribution in [0, 0.1) is 39.9 Å². The van der Waals surface area contributed by atoms with E-state index in [1.807, 2.05) is 0 Å². The average Bonchev–Trinajstić information content (AvgIpc) is 2.86. The van der Waals surface area contributed by atoms with E-state index in [9.17, 15) is 24.9 Å². The van der Waals surface area contributed by atoms with Crippen LogP contribution in [0.1, 0.15) is 52.4 Å². The van der Waals surface area contributed by atoms with Gasteiger partial charge in [0.1, 0.15) is 0 Å². The molecule has 3 N–H and O–H groups in total. The van der Waals surface area contributed by atoms with Crippen molar-refractivity contribution in [3.8, 4) is 0 Å². The summed E-state index contributed by atoms with van der Waals surface area (Å²) in [4.78, 5) is 24.7. The molecule has 2 bridgehead atoms. The summed E-state index contributed by atoms with van der Waals surface area (Å²) in [6.07, 6.45) is 3.42. The predicted octanol–water partition coefficient (Wildman–Crippen LogP) is 2.93. The molecule has 0 aromatic heterocycles. The Balaban J connectivity index is 1.94. The molecular weight excluding hydrogens is 320 g/mol. The van der Waals surface area contributed by atoms with Crippen LogP contribution in [-0.2, 0) is 9.59 Å². The highest BCUT2D eigenvalue weighted by molar-refractivity contribution is 5.79. The zero-order valence-corrected chi connectivity index (χ0v) is 15.0. The third kappa shape index (κ3) is 1.88. The van der Waals surface area contributed by atoms with Crippen LogP contribution in [0.4, 0.5) is 0 Å². The molecule has 4 fully saturated rings. The first-order valence-corrected chi connectivity index (χ1v) is 9.38. The third-order valence-electron chi connectivity index (χ3n) is 8.49. The van der Waals surface area contributed by atoms with Crippen LogP contribution in [0.5, 0.6) is 0 Å². The summed E-state index contributed by atoms with van der Waals surface area (Å²) in [6.45, 7) is 7.93. The monoisotopic (exact) mass is 348 g/mol. The Kier molecular flexibility index (Phi) is 3.33. The van der Waals surface area contributed by atoms with Crippen molar-refractivity contribution in [1.82, 2.24) is 0 Å². The van der Waals surface area contributed by atoms with Gasteiger partial charge in [-0.1, -0.05) is 19.1 Å². The van der Waals surface area contributed by atoms with Crippen LogP contribution in [0.25, 0.3) is 0 Å². The first kappa shape index (κ1) is 17.1. The van der Waals surface area contributed by atoms with Gasteiger partial charge in [-0.2, -0.15) is 0 Å². The summed E-state index contributed by atoms with van der Waals surface area (Å²) in [5.74, 6) is -2.43. The molecule has 0 radical (unpaired) electrons. The Bertz CT molecular complexity index is 671. The van der Waals surface area contributed by atoms with Gasteiger partial charge in [0.2, 0.25) is 0 Å². The molecule has 5 heteroatoms. The van der Waals surface area contributed by atoms with Crippen molar-refractivity contribution in [1.29, 1.82) is 0 Å². The van der Waals surface area contributed by atoms with E-state index >= 15 is 0 Å². The van der Waals surface area contributed by atoms with Gasteiger partial charge >= 0.3 is 11.9 Å². The molecule has 1 spiro atoms. The summed E-state index contributed by atoms with van der Waals surface area (Å²) in [6, 6.07) is 0. The molecular formula is C20H28O5. The SMILES string of the molecule is C=C1CC23CC1CCC2C1(C)CC(O)CC(C)(C(=O)O)C1C3C(=O)O. The van der Waals surface area contributed by atoms with Gasteiger partial charge in [-0.3, -0.25) is 9.59 Å². The van der Waals surface area contributed by atoms with Gasteiger partial charge in [0.05, 0.1) is 17.4 Å². The first-order valence-electron chi connectivity index (χ1n) is 9.38. The van der Waals surface area contributed by atoms with Crippen LogP contribution in [-0.4, -0.2) is 33.4 Å². The molecule has 0 aliphatic heterocycles. The summed E-state index contributed by atoms with van der Waals surface area (Å²) in [5.41, 5.74) is -0.898. The third-order valence-corrected chi connectivity index (χ3v) is 8.49. The van der Waals surface area contributed by atoms with Gasteiger partial charge in [0.25, 0.3) is 0 Å². The number of fused-ring (bicyclic) bond motifs is 3. The fourth-order valence-electron chi connectivity index (χ4n) is 8.01. The largest absolute Gasteiger partial charge is 0.481 e. The average molecular weight is 348 g/mol. The van der Waals surface area contributed by atoms with E-state index in [1.165, 1.54) is 0 Å². The number of aliphatic carboxylic acids is 2. The second-order valence-electron chi connectivity index (χ2n) is 9.68. The zero-order valence-electron chi connectivity index (χ0n) is 15.0. The highest BCUT2D eigenvalue weighted by Gasteiger charge is 2.75. The number of rotatable bonds is 2. The lowest BCUT2D eigenvalue weighted by atomic mass is 9.52. The highest BCUT2D eigenvalue weighted by Crippen LogP contribution is 2.77. The Hall–Kier alpha value is -1.36. The molecule has 4 saturated carbocycles. The molecule has 138 valence electrons. The fraction of sp³-hybridized carbons (Fsp3) is 0.800. The minimum Gasteiger partial charge on any atom is -0.481 e. The molecule has 0 aromatic carbocycles. The molecule has 0 amide bonds. The Morgan fingerprint density at radius 1 is 1.12 bits per heavy atom. The van der Waals surface area contributed by atoms with E-state index in [0.717, 1.165) is 24.8 Å². The van der Waals surface area contributed by atoms with Gasteiger partial charge in [0.15, 0.2) is 0 Å². The smallest absolute Gasteiger partial charge is 0.309 e. The van der Waals surface area contributed by atoms with E-state index in [1.54, 1.807) is 6.92 Å². The number of carboxylic acids is 2. The van der Waals surface area contributed by atoms with E-state index in [4.69, 9.17) is 0 Å². The lowest BCUT2D eigenvalue weighted by Gasteiger charge is -2.51. The lowest BCUT2D eigenvalue weighted by Crippen LogP contribution is -2.54. The molecule has 0 saturated heterocycles. The van der Waals surface area contributed by atoms with Gasteiger partial charge in [-0.25, -0.2) is 0 Å². The maximum absolute atomic E-state index is 12.4. The number of carbonyl (C=O) groups is 2. The number of aliphatic hydroxyl groups excluding tert-OH is 1. The van der Waals surface area contributed by atoms with E-state index in [2.05, 4.69) is 13.5 Å². The number of hydrogen-bond acceptors (Lipinski definition) is 3. The van der Waals surface area contributed by atoms with Crippen molar-refractivity contribution in [2.24, 2.45) is 39.9 Å². The van der Waals surface area contributed by atoms with Gasteiger partial charge < -0.3 is 15.3 Å². The van der Waals surface area contributed by atoms with Gasteiger partial charge in [-0.05, 0) is 74.0 Å². The minimum absolute atomic E-state index is 0.138. The predicted molar refractivity (Wildman–Crippen MR) is 90.7 cm³/mol. The number of aliphatic hydroxyl groups is 1. The summed E-state index contributed by atoms with van der Waals surface area (Å²) in [7, 11) is 0. The molecule has 5 nitrogen and oxygen atoms in total. The van der Waals surface area contributed by atoms with Crippen molar-refractivity contribution in [2.45, 2.75) is 58.5 Å². The van der Waals surface area contributed by atoms with Gasteiger partial charge in [-0.15, -0.1) is 0 Å². The van der Waals surface area contributed by atoms with Crippen LogP contribution >= 0.6 is 0 Å². The fourth-order valence-corrected chi connectivity index (χ4v) is 8.01. The van der Waals surface area contributed by atoms with Crippen molar-refractivity contribution in [2.75, 3.05) is 0 Å². The second kappa shape index (κ2) is 4.87. The summed E-state index contributed by atoms with van der Waals surface area (Å²) < 4.78 is 0. The van der Waals surface area contributed by atoms with Crippen LogP contribution in [0.15, 0.2) is 12.2 Å². The van der Waals surface area contributed by atoms with Crippen LogP contribution in [0.2, 0.25) is 0 Å². The van der Waals surface area contributed by atoms with Crippen molar-refractivity contribution in [3.05, 3.63) is 12.2 Å². The zero-order chi connectivity index (χ0) is 18.4. The Morgan fingerprint density at radius 3 is 2.40 bits per heavy atom. The van der Waals surface area contributed by atoms with Crippen LogP contribution in [0.3, 0.4) is 0 Å². The van der Waals surface area contributed by atoms with Crippen LogP contribution < -0.4 is 0 Å². The summed E-state index contributed by atoms with van der Waals surface area (Å²) >= 11 is 0. The topological polar surface area (TPSA) is 94.8 Å². The molecule has 0 aromatic rings. The maximum Gasteiger partial charge on any atom is 0.309 e. The van der Waals surface area contributed by atoms with E-state index in [-0.39, 0.29) is 17.8 Å². The molecule has 4 rings (SSSR count). The Morgan fingerprint density at radius 2 is 1.80 bits per heavy atom. The second-order valence-corrected chi connectivity index (χ2v) is 9.68. The lowest BCUT2D eigenvalue weighted by molar-refractivity contribution is -0.173. The number of carboxylic acid groups (broad SMARTS) is 2. The minimum atomic E-state index is -1.21. The molecule has 4 aliphatic carbocycles. The molecule has 8 atom stereocenters. The van der Waals surface area contributed by atoms with E-state index < -0.39 is 40.7 Å². The normalized spacial score (nSPS) is 54.0. The van der Waals surface area contributed by atoms with E-state index in [0.29, 0.717) is 18.8 Å². The molecule has 4 aliphatic rings.